The van der Waals surface area contributed by atoms with Crippen LogP contribution in [0.25, 0.3) is 0 Å². The zero-order chi connectivity index (χ0) is 33.5. The molecule has 14 heteroatoms. The van der Waals surface area contributed by atoms with Crippen LogP contribution >= 0.6 is 0 Å². The van der Waals surface area contributed by atoms with Crippen LogP contribution in [0.2, 0.25) is 0 Å². The number of carboxylic acid groups (broad SMARTS) is 1. The molecule has 1 saturated heterocycles. The molecule has 1 aliphatic carbocycles. The molecule has 1 heterocycles. The maximum Gasteiger partial charge on any atom is 0.412 e. The third-order valence-corrected chi connectivity index (χ3v) is 8.64. The van der Waals surface area contributed by atoms with Crippen LogP contribution in [-0.4, -0.2) is 76.3 Å². The number of urea groups is 1. The quantitative estimate of drug-likeness (QED) is 0.238. The van der Waals surface area contributed by atoms with Gasteiger partial charge in [-0.25, -0.2) is 9.59 Å². The molecule has 0 aromatic heterocycles. The van der Waals surface area contributed by atoms with E-state index in [2.05, 4.69) is 31.4 Å². The molecule has 2 aromatic carbocycles. The number of rotatable bonds is 10. The van der Waals surface area contributed by atoms with Crippen LogP contribution in [0, 0.1) is 27.9 Å². The first-order valence-corrected chi connectivity index (χ1v) is 15.3. The molecule has 2 fully saturated rings. The lowest BCUT2D eigenvalue weighted by Crippen LogP contribution is -2.55. The minimum Gasteiger partial charge on any atom is -0.497 e. The SMILES string of the molecule is COc1ccc(NC(=O)N2CCN(C(=O)OC3CC(C)CCC3C(C)C)C2C(=O)NC(CC(=O)O)c2cccc([N+](=O)[O-])c2)cc1. The number of hydrogen-bond donors (Lipinski definition) is 3. The van der Waals surface area contributed by atoms with Gasteiger partial charge in [0.25, 0.3) is 11.6 Å². The summed E-state index contributed by atoms with van der Waals surface area (Å²) in [4.78, 5) is 66.1. The highest BCUT2D eigenvalue weighted by molar-refractivity contribution is 5.96. The molecule has 1 saturated carbocycles. The van der Waals surface area contributed by atoms with Gasteiger partial charge in [0.1, 0.15) is 11.9 Å². The van der Waals surface area contributed by atoms with E-state index >= 15 is 0 Å². The van der Waals surface area contributed by atoms with Crippen LogP contribution in [0.5, 0.6) is 5.75 Å². The van der Waals surface area contributed by atoms with Crippen molar-refractivity contribution in [3.8, 4) is 5.75 Å². The molecule has 4 amide bonds. The Labute approximate surface area is 267 Å². The lowest BCUT2D eigenvalue weighted by molar-refractivity contribution is -0.384. The lowest BCUT2D eigenvalue weighted by atomic mass is 9.75. The van der Waals surface area contributed by atoms with Crippen molar-refractivity contribution in [1.82, 2.24) is 15.1 Å². The normalized spacial score (nSPS) is 21.8. The monoisotopic (exact) mass is 639 g/mol. The van der Waals surface area contributed by atoms with Crippen molar-refractivity contribution in [3.63, 3.8) is 0 Å². The summed E-state index contributed by atoms with van der Waals surface area (Å²) >= 11 is 0. The summed E-state index contributed by atoms with van der Waals surface area (Å²) in [6.45, 7) is 6.24. The number of nitro groups is 1. The number of ether oxygens (including phenoxy) is 2. The largest absolute Gasteiger partial charge is 0.497 e. The van der Waals surface area contributed by atoms with E-state index in [-0.39, 0.29) is 42.3 Å². The lowest BCUT2D eigenvalue weighted by Gasteiger charge is -2.38. The summed E-state index contributed by atoms with van der Waals surface area (Å²) in [5, 5.41) is 26.3. The number of hydrogen-bond acceptors (Lipinski definition) is 8. The number of nitrogens with one attached hydrogen (secondary N) is 2. The number of nitrogens with zero attached hydrogens (tertiary/aromatic N) is 3. The fraction of sp³-hybridized carbons (Fsp3) is 0.500. The van der Waals surface area contributed by atoms with Gasteiger partial charge in [-0.1, -0.05) is 39.3 Å². The summed E-state index contributed by atoms with van der Waals surface area (Å²) in [5.41, 5.74) is 0.319. The number of methoxy groups -OCH3 is 1. The third-order valence-electron chi connectivity index (χ3n) is 8.64. The zero-order valence-corrected chi connectivity index (χ0v) is 26.4. The Hall–Kier alpha value is -4.88. The van der Waals surface area contributed by atoms with E-state index < -0.39 is 47.6 Å². The number of anilines is 1. The minimum atomic E-state index is -1.49. The minimum absolute atomic E-state index is 0.00966. The Morgan fingerprint density at radius 1 is 1.07 bits per heavy atom. The predicted molar refractivity (Wildman–Crippen MR) is 167 cm³/mol. The smallest absolute Gasteiger partial charge is 0.412 e. The van der Waals surface area contributed by atoms with E-state index in [1.807, 2.05) is 0 Å². The average Bonchev–Trinajstić information content (AvgIpc) is 3.47. The number of carbonyl (C=O) groups is 4. The molecule has 2 aromatic rings. The van der Waals surface area contributed by atoms with Gasteiger partial charge in [0.2, 0.25) is 0 Å². The van der Waals surface area contributed by atoms with Crippen LogP contribution < -0.4 is 15.4 Å². The number of carbonyl (C=O) groups excluding carboxylic acids is 3. The molecule has 2 aliphatic rings. The van der Waals surface area contributed by atoms with Crippen LogP contribution in [-0.2, 0) is 14.3 Å². The van der Waals surface area contributed by atoms with Gasteiger partial charge in [-0.2, -0.15) is 0 Å². The van der Waals surface area contributed by atoms with E-state index in [4.69, 9.17) is 9.47 Å². The second-order valence-corrected chi connectivity index (χ2v) is 12.2. The van der Waals surface area contributed by atoms with Gasteiger partial charge in [-0.15, -0.1) is 0 Å². The van der Waals surface area contributed by atoms with E-state index in [0.717, 1.165) is 12.8 Å². The Balaban J connectivity index is 1.62. The van der Waals surface area contributed by atoms with Crippen molar-refractivity contribution in [2.24, 2.45) is 17.8 Å². The third kappa shape index (κ3) is 8.23. The highest BCUT2D eigenvalue weighted by Gasteiger charge is 2.46. The first kappa shape index (κ1) is 34.0. The van der Waals surface area contributed by atoms with Crippen molar-refractivity contribution in [3.05, 3.63) is 64.2 Å². The number of non-ortho nitro benzene ring substituents is 1. The number of aliphatic carboxylic acids is 1. The van der Waals surface area contributed by atoms with E-state index in [0.29, 0.717) is 23.8 Å². The van der Waals surface area contributed by atoms with Crippen molar-refractivity contribution in [1.29, 1.82) is 0 Å². The van der Waals surface area contributed by atoms with Gasteiger partial charge in [0, 0.05) is 30.9 Å². The van der Waals surface area contributed by atoms with Gasteiger partial charge in [-0.05, 0) is 60.4 Å². The molecule has 3 N–H and O–H groups in total. The second kappa shape index (κ2) is 14.9. The van der Waals surface area contributed by atoms with Crippen LogP contribution in [0.15, 0.2) is 48.5 Å². The molecule has 0 bridgehead atoms. The van der Waals surface area contributed by atoms with Gasteiger partial charge in [-0.3, -0.25) is 29.5 Å². The van der Waals surface area contributed by atoms with E-state index in [9.17, 15) is 34.4 Å². The Morgan fingerprint density at radius 3 is 2.39 bits per heavy atom. The summed E-state index contributed by atoms with van der Waals surface area (Å²) in [6.07, 6.45) is -0.613. The molecule has 4 rings (SSSR count). The fourth-order valence-electron chi connectivity index (χ4n) is 6.16. The van der Waals surface area contributed by atoms with Gasteiger partial charge < -0.3 is 25.2 Å². The fourth-order valence-corrected chi connectivity index (χ4v) is 6.16. The number of nitro benzene ring substituents is 1. The average molecular weight is 640 g/mol. The Bertz CT molecular complexity index is 1430. The van der Waals surface area contributed by atoms with Crippen molar-refractivity contribution in [2.75, 3.05) is 25.5 Å². The second-order valence-electron chi connectivity index (χ2n) is 12.2. The van der Waals surface area contributed by atoms with Gasteiger partial charge >= 0.3 is 18.1 Å². The van der Waals surface area contributed by atoms with E-state index in [1.165, 1.54) is 41.2 Å². The molecule has 0 radical (unpaired) electrons. The van der Waals surface area contributed by atoms with Gasteiger partial charge in [0.05, 0.1) is 24.5 Å². The number of amides is 4. The molecule has 5 unspecified atom stereocenters. The molecule has 14 nitrogen and oxygen atoms in total. The van der Waals surface area contributed by atoms with Crippen LogP contribution in [0.1, 0.15) is 58.1 Å². The molecule has 0 spiro atoms. The van der Waals surface area contributed by atoms with Crippen LogP contribution in [0.4, 0.5) is 21.0 Å². The zero-order valence-electron chi connectivity index (χ0n) is 26.4. The molecule has 1 aliphatic heterocycles. The standard InChI is InChI=1S/C32H41N5O9/c1-19(2)25-13-8-20(3)16-27(25)46-32(42)36-15-14-35(31(41)33-22-9-11-24(45-4)12-10-22)30(36)29(40)34-26(18-28(38)39)21-6-5-7-23(17-21)37(43)44/h5-7,9-12,17,19-20,25-27,30H,8,13-16,18H2,1-4H3,(H,33,41)(H,34,40)(H,38,39). The Morgan fingerprint density at radius 2 is 1.76 bits per heavy atom. The summed E-state index contributed by atoms with van der Waals surface area (Å²) in [6, 6.07) is 9.96. The maximum absolute atomic E-state index is 14.0. The maximum atomic E-state index is 14.0. The summed E-state index contributed by atoms with van der Waals surface area (Å²) in [5.74, 6) is -0.773. The van der Waals surface area contributed by atoms with Crippen molar-refractivity contribution in [2.45, 2.75) is 64.8 Å². The molecule has 46 heavy (non-hydrogen) atoms. The predicted octanol–water partition coefficient (Wildman–Crippen LogP) is 5.01. The van der Waals surface area contributed by atoms with Crippen molar-refractivity contribution < 1.29 is 38.7 Å². The number of carboxylic acids is 1. The molecule has 248 valence electrons. The van der Waals surface area contributed by atoms with Crippen LogP contribution in [0.3, 0.4) is 0 Å². The highest BCUT2D eigenvalue weighted by Crippen LogP contribution is 2.36. The first-order valence-electron chi connectivity index (χ1n) is 15.3. The highest BCUT2D eigenvalue weighted by atomic mass is 16.6. The number of benzene rings is 2. The Kier molecular flexibility index (Phi) is 11.0. The first-order chi connectivity index (χ1) is 21.9. The molecular weight excluding hydrogens is 598 g/mol. The summed E-state index contributed by atoms with van der Waals surface area (Å²) in [7, 11) is 1.51. The van der Waals surface area contributed by atoms with E-state index in [1.54, 1.807) is 24.3 Å². The van der Waals surface area contributed by atoms with Crippen molar-refractivity contribution >= 4 is 35.4 Å². The molecular formula is C32H41N5O9. The van der Waals surface area contributed by atoms with Gasteiger partial charge in [0.15, 0.2) is 6.17 Å². The summed E-state index contributed by atoms with van der Waals surface area (Å²) < 4.78 is 11.2. The topological polar surface area (TPSA) is 181 Å². The molecule has 5 atom stereocenters.